The van der Waals surface area contributed by atoms with Gasteiger partial charge in [0.15, 0.2) is 0 Å². The Hall–Kier alpha value is -1.36. The molecule has 1 aliphatic heterocycles. The van der Waals surface area contributed by atoms with Crippen LogP contribution in [-0.2, 0) is 19.1 Å². The minimum atomic E-state index is -0.438. The fourth-order valence-electron chi connectivity index (χ4n) is 2.46. The fraction of sp³-hybridized carbons (Fsp3) is 0.733. The highest BCUT2D eigenvalue weighted by molar-refractivity contribution is 5.81. The van der Waals surface area contributed by atoms with E-state index in [1.165, 1.54) is 6.08 Å². The van der Waals surface area contributed by atoms with Gasteiger partial charge in [-0.3, -0.25) is 9.69 Å². The summed E-state index contributed by atoms with van der Waals surface area (Å²) in [5.74, 6) is -0.447. The van der Waals surface area contributed by atoms with Crippen LogP contribution in [-0.4, -0.2) is 49.7 Å². The summed E-state index contributed by atoms with van der Waals surface area (Å²) in [4.78, 5) is 25.4. The monoisotopic (exact) mass is 283 g/mol. The van der Waals surface area contributed by atoms with Crippen molar-refractivity contribution in [1.29, 1.82) is 0 Å². The van der Waals surface area contributed by atoms with Crippen LogP contribution in [0.25, 0.3) is 0 Å². The lowest BCUT2D eigenvalue weighted by Crippen LogP contribution is -2.46. The molecule has 1 fully saturated rings. The van der Waals surface area contributed by atoms with Crippen LogP contribution >= 0.6 is 0 Å². The van der Waals surface area contributed by atoms with Gasteiger partial charge in [0.2, 0.25) is 0 Å². The Morgan fingerprint density at radius 3 is 2.60 bits per heavy atom. The summed E-state index contributed by atoms with van der Waals surface area (Å²) in [6.07, 6.45) is 5.04. The summed E-state index contributed by atoms with van der Waals surface area (Å²) in [5, 5.41) is 0. The summed E-state index contributed by atoms with van der Waals surface area (Å²) in [6, 6.07) is 0. The Labute approximate surface area is 120 Å². The molecular formula is C15H25NO4. The number of carbonyl (C=O) groups excluding carboxylic acids is 2. The summed E-state index contributed by atoms with van der Waals surface area (Å²) in [7, 11) is 0. The molecule has 20 heavy (non-hydrogen) atoms. The van der Waals surface area contributed by atoms with Gasteiger partial charge < -0.3 is 9.47 Å². The zero-order valence-corrected chi connectivity index (χ0v) is 12.7. The third-order valence-electron chi connectivity index (χ3n) is 3.45. The predicted octanol–water partition coefficient (Wildman–Crippen LogP) is 1.77. The van der Waals surface area contributed by atoms with E-state index in [2.05, 4.69) is 4.90 Å². The van der Waals surface area contributed by atoms with Gasteiger partial charge in [0.1, 0.15) is 0 Å². The first-order chi connectivity index (χ1) is 9.51. The number of rotatable bonds is 6. The second kappa shape index (κ2) is 8.04. The molecule has 0 spiro atoms. The van der Waals surface area contributed by atoms with E-state index >= 15 is 0 Å². The molecule has 0 N–H and O–H groups in total. The van der Waals surface area contributed by atoms with Gasteiger partial charge >= 0.3 is 11.9 Å². The third-order valence-corrected chi connectivity index (χ3v) is 3.45. The van der Waals surface area contributed by atoms with Gasteiger partial charge in [-0.1, -0.05) is 6.08 Å². The van der Waals surface area contributed by atoms with E-state index in [1.54, 1.807) is 13.0 Å². The molecule has 1 rings (SSSR count). The van der Waals surface area contributed by atoms with Crippen LogP contribution in [0.5, 0.6) is 0 Å². The van der Waals surface area contributed by atoms with Crippen molar-refractivity contribution in [3.05, 3.63) is 12.2 Å². The third kappa shape index (κ3) is 4.96. The Bertz CT molecular complexity index is 367. The molecule has 0 saturated carbocycles. The van der Waals surface area contributed by atoms with E-state index in [0.717, 1.165) is 19.4 Å². The molecule has 0 radical (unpaired) electrons. The minimum Gasteiger partial charge on any atom is -0.466 e. The van der Waals surface area contributed by atoms with Crippen molar-refractivity contribution in [2.75, 3.05) is 32.8 Å². The summed E-state index contributed by atoms with van der Waals surface area (Å²) in [6.45, 7) is 8.59. The van der Waals surface area contributed by atoms with Gasteiger partial charge in [-0.25, -0.2) is 4.79 Å². The Balaban J connectivity index is 2.48. The molecule has 1 heterocycles. The molecular weight excluding hydrogens is 258 g/mol. The predicted molar refractivity (Wildman–Crippen MR) is 76.2 cm³/mol. The van der Waals surface area contributed by atoms with Crippen LogP contribution in [0.3, 0.4) is 0 Å². The molecule has 0 aromatic heterocycles. The highest BCUT2D eigenvalue weighted by atomic mass is 16.5. The molecule has 0 amide bonds. The number of likely N-dealkylation sites (tertiary alicyclic amines) is 1. The number of hydrogen-bond donors (Lipinski definition) is 0. The fourth-order valence-corrected chi connectivity index (χ4v) is 2.46. The largest absolute Gasteiger partial charge is 0.466 e. The lowest BCUT2D eigenvalue weighted by molar-refractivity contribution is -0.157. The van der Waals surface area contributed by atoms with Crippen molar-refractivity contribution in [2.45, 2.75) is 33.6 Å². The van der Waals surface area contributed by atoms with E-state index in [4.69, 9.17) is 9.47 Å². The van der Waals surface area contributed by atoms with Gasteiger partial charge in [-0.15, -0.1) is 0 Å². The number of hydrogen-bond acceptors (Lipinski definition) is 5. The Morgan fingerprint density at radius 1 is 1.25 bits per heavy atom. The van der Waals surface area contributed by atoms with E-state index < -0.39 is 5.41 Å². The molecule has 5 nitrogen and oxygen atoms in total. The molecule has 5 heteroatoms. The van der Waals surface area contributed by atoms with Gasteiger partial charge in [0.25, 0.3) is 0 Å². The van der Waals surface area contributed by atoms with Gasteiger partial charge in [-0.05, 0) is 40.2 Å². The molecule has 0 aromatic carbocycles. The quantitative estimate of drug-likeness (QED) is 0.549. The zero-order valence-electron chi connectivity index (χ0n) is 12.7. The smallest absolute Gasteiger partial charge is 0.330 e. The van der Waals surface area contributed by atoms with Gasteiger partial charge in [0, 0.05) is 19.2 Å². The average Bonchev–Trinajstić information content (AvgIpc) is 2.39. The lowest BCUT2D eigenvalue weighted by Gasteiger charge is -2.38. The lowest BCUT2D eigenvalue weighted by atomic mass is 9.82. The van der Waals surface area contributed by atoms with Gasteiger partial charge in [-0.2, -0.15) is 0 Å². The van der Waals surface area contributed by atoms with Crippen LogP contribution < -0.4 is 0 Å². The SMILES string of the molecule is CCOC(=O)/C=C/CN1CCC[C@@](C)(C(=O)OCC)C1. The maximum Gasteiger partial charge on any atom is 0.330 e. The Morgan fingerprint density at radius 2 is 1.95 bits per heavy atom. The van der Waals surface area contributed by atoms with Crippen LogP contribution in [0.4, 0.5) is 0 Å². The average molecular weight is 283 g/mol. The highest BCUT2D eigenvalue weighted by Crippen LogP contribution is 2.30. The number of esters is 2. The maximum absolute atomic E-state index is 12.0. The first-order valence-corrected chi connectivity index (χ1v) is 7.24. The number of carbonyl (C=O) groups is 2. The first kappa shape index (κ1) is 16.7. The molecule has 1 saturated heterocycles. The second-order valence-electron chi connectivity index (χ2n) is 5.27. The van der Waals surface area contributed by atoms with Crippen molar-refractivity contribution in [2.24, 2.45) is 5.41 Å². The van der Waals surface area contributed by atoms with Crippen LogP contribution in [0.1, 0.15) is 33.6 Å². The molecule has 1 aliphatic rings. The van der Waals surface area contributed by atoms with E-state index in [1.807, 2.05) is 13.8 Å². The number of nitrogens with zero attached hydrogens (tertiary/aromatic N) is 1. The van der Waals surface area contributed by atoms with Crippen LogP contribution in [0.15, 0.2) is 12.2 Å². The van der Waals surface area contributed by atoms with Crippen molar-refractivity contribution in [3.8, 4) is 0 Å². The summed E-state index contributed by atoms with van der Waals surface area (Å²) in [5.41, 5.74) is -0.438. The normalized spacial score (nSPS) is 23.8. The van der Waals surface area contributed by atoms with E-state index in [9.17, 15) is 9.59 Å². The zero-order chi connectivity index (χ0) is 15.0. The van der Waals surface area contributed by atoms with Crippen LogP contribution in [0, 0.1) is 5.41 Å². The first-order valence-electron chi connectivity index (χ1n) is 7.24. The van der Waals surface area contributed by atoms with E-state index in [0.29, 0.717) is 26.3 Å². The standard InChI is InChI=1S/C15H25NO4/c1-4-19-13(17)8-6-10-16-11-7-9-15(3,12-16)14(18)20-5-2/h6,8H,4-5,7,9-12H2,1-3H3/b8-6+/t15-/m1/s1. The molecule has 0 aliphatic carbocycles. The highest BCUT2D eigenvalue weighted by Gasteiger charge is 2.38. The number of ether oxygens (including phenoxy) is 2. The summed E-state index contributed by atoms with van der Waals surface area (Å²) < 4.78 is 9.97. The molecule has 0 aromatic rings. The second-order valence-corrected chi connectivity index (χ2v) is 5.27. The van der Waals surface area contributed by atoms with Gasteiger partial charge in [0.05, 0.1) is 18.6 Å². The van der Waals surface area contributed by atoms with Crippen molar-refractivity contribution < 1.29 is 19.1 Å². The minimum absolute atomic E-state index is 0.126. The maximum atomic E-state index is 12.0. The van der Waals surface area contributed by atoms with E-state index in [-0.39, 0.29) is 11.9 Å². The van der Waals surface area contributed by atoms with Crippen molar-refractivity contribution in [1.82, 2.24) is 4.90 Å². The molecule has 0 bridgehead atoms. The van der Waals surface area contributed by atoms with Crippen molar-refractivity contribution >= 4 is 11.9 Å². The number of piperidine rings is 1. The van der Waals surface area contributed by atoms with Crippen molar-refractivity contribution in [3.63, 3.8) is 0 Å². The van der Waals surface area contributed by atoms with Crippen LogP contribution in [0.2, 0.25) is 0 Å². The summed E-state index contributed by atoms with van der Waals surface area (Å²) >= 11 is 0. The molecule has 114 valence electrons. The molecule has 1 atom stereocenters. The Kier molecular flexibility index (Phi) is 6.71. The topological polar surface area (TPSA) is 55.8 Å². The molecule has 0 unspecified atom stereocenters.